The summed E-state index contributed by atoms with van der Waals surface area (Å²) in [5, 5.41) is 3.01. The lowest BCUT2D eigenvalue weighted by molar-refractivity contribution is 0.152. The normalized spacial score (nSPS) is 10.8. The number of nitrogen functional groups attached to an aromatic ring is 1. The molecule has 0 unspecified atom stereocenters. The van der Waals surface area contributed by atoms with Crippen LogP contribution in [0.5, 0.6) is 0 Å². The largest absolute Gasteiger partial charge is 0.399 e. The first-order valence-corrected chi connectivity index (χ1v) is 6.47. The second-order valence-corrected chi connectivity index (χ2v) is 5.11. The van der Waals surface area contributed by atoms with E-state index in [1.54, 1.807) is 12.1 Å². The van der Waals surface area contributed by atoms with E-state index < -0.39 is 6.43 Å². The van der Waals surface area contributed by atoms with Crippen LogP contribution in [0.25, 0.3) is 0 Å². The summed E-state index contributed by atoms with van der Waals surface area (Å²) in [7, 11) is 0. The average Bonchev–Trinajstić information content (AvgIpc) is 2.35. The van der Waals surface area contributed by atoms with Crippen molar-refractivity contribution in [2.45, 2.75) is 13.3 Å². The Hall–Kier alpha value is -1.62. The first-order valence-electron chi connectivity index (χ1n) is 5.68. The molecule has 0 amide bonds. The molecule has 0 aromatic heterocycles. The number of anilines is 3. The van der Waals surface area contributed by atoms with Crippen molar-refractivity contribution >= 4 is 33.0 Å². The highest BCUT2D eigenvalue weighted by molar-refractivity contribution is 9.10. The lowest BCUT2D eigenvalue weighted by atomic mass is 10.1. The molecule has 19 heavy (non-hydrogen) atoms. The smallest absolute Gasteiger partial charge is 0.265 e. The van der Waals surface area contributed by atoms with Crippen LogP contribution in [0.4, 0.5) is 25.8 Å². The zero-order valence-corrected chi connectivity index (χ0v) is 11.8. The molecule has 0 saturated carbocycles. The topological polar surface area (TPSA) is 38.0 Å². The Bertz CT molecular complexity index is 600. The van der Waals surface area contributed by atoms with Crippen molar-refractivity contribution in [2.24, 2.45) is 0 Å². The fourth-order valence-electron chi connectivity index (χ4n) is 1.76. The predicted octanol–water partition coefficient (Wildman–Crippen LogP) is 5.02. The van der Waals surface area contributed by atoms with Crippen LogP contribution in [0.2, 0.25) is 0 Å². The Morgan fingerprint density at radius 3 is 2.53 bits per heavy atom. The predicted molar refractivity (Wildman–Crippen MR) is 78.0 cm³/mol. The first kappa shape index (κ1) is 13.8. The number of rotatable bonds is 3. The number of nitrogens with two attached hydrogens (primary N) is 1. The molecule has 100 valence electrons. The molecule has 3 N–H and O–H groups in total. The summed E-state index contributed by atoms with van der Waals surface area (Å²) in [6.07, 6.45) is -2.57. The van der Waals surface area contributed by atoms with Gasteiger partial charge < -0.3 is 11.1 Å². The molecule has 5 heteroatoms. The maximum Gasteiger partial charge on any atom is 0.265 e. The van der Waals surface area contributed by atoms with E-state index in [0.717, 1.165) is 15.7 Å². The Kier molecular flexibility index (Phi) is 4.04. The van der Waals surface area contributed by atoms with Gasteiger partial charge in [0.1, 0.15) is 0 Å². The third-order valence-corrected chi connectivity index (χ3v) is 3.39. The molecule has 0 fully saturated rings. The fourth-order valence-corrected chi connectivity index (χ4v) is 2.10. The second kappa shape index (κ2) is 5.57. The van der Waals surface area contributed by atoms with Crippen molar-refractivity contribution in [3.63, 3.8) is 0 Å². The van der Waals surface area contributed by atoms with Crippen LogP contribution in [0, 0.1) is 6.92 Å². The molecule has 2 nitrogen and oxygen atoms in total. The van der Waals surface area contributed by atoms with Gasteiger partial charge >= 0.3 is 0 Å². The van der Waals surface area contributed by atoms with Crippen molar-refractivity contribution in [2.75, 3.05) is 11.1 Å². The summed E-state index contributed by atoms with van der Waals surface area (Å²) in [5.41, 5.74) is 7.90. The SMILES string of the molecule is Cc1ccc(Br)c(Nc2ccc(N)cc2C(F)F)c1. The molecular weight excluding hydrogens is 314 g/mol. The maximum atomic E-state index is 13.0. The van der Waals surface area contributed by atoms with E-state index in [1.165, 1.54) is 6.07 Å². The minimum absolute atomic E-state index is 0.103. The van der Waals surface area contributed by atoms with Gasteiger partial charge in [-0.15, -0.1) is 0 Å². The van der Waals surface area contributed by atoms with Crippen molar-refractivity contribution in [1.29, 1.82) is 0 Å². The summed E-state index contributed by atoms with van der Waals surface area (Å²) in [6.45, 7) is 1.94. The van der Waals surface area contributed by atoms with E-state index in [4.69, 9.17) is 5.73 Å². The summed E-state index contributed by atoms with van der Waals surface area (Å²) in [5.74, 6) is 0. The molecule has 2 rings (SSSR count). The molecule has 0 saturated heterocycles. The molecule has 0 spiro atoms. The Morgan fingerprint density at radius 2 is 1.84 bits per heavy atom. The van der Waals surface area contributed by atoms with Gasteiger partial charge in [-0.1, -0.05) is 6.07 Å². The monoisotopic (exact) mass is 326 g/mol. The van der Waals surface area contributed by atoms with Crippen molar-refractivity contribution < 1.29 is 8.78 Å². The molecule has 0 aliphatic carbocycles. The van der Waals surface area contributed by atoms with E-state index in [1.807, 2.05) is 25.1 Å². The summed E-state index contributed by atoms with van der Waals surface area (Å²) in [4.78, 5) is 0. The lowest BCUT2D eigenvalue weighted by Gasteiger charge is -2.14. The average molecular weight is 327 g/mol. The number of alkyl halides is 2. The highest BCUT2D eigenvalue weighted by Crippen LogP contribution is 2.33. The number of nitrogens with one attached hydrogen (secondary N) is 1. The highest BCUT2D eigenvalue weighted by atomic mass is 79.9. The first-order chi connectivity index (χ1) is 8.97. The van der Waals surface area contributed by atoms with Crippen LogP contribution < -0.4 is 11.1 Å². The maximum absolute atomic E-state index is 13.0. The summed E-state index contributed by atoms with van der Waals surface area (Å²) >= 11 is 3.39. The number of halogens is 3. The molecule has 0 heterocycles. The van der Waals surface area contributed by atoms with Gasteiger partial charge in [-0.2, -0.15) is 0 Å². The minimum atomic E-state index is -2.57. The van der Waals surface area contributed by atoms with E-state index in [0.29, 0.717) is 11.4 Å². The van der Waals surface area contributed by atoms with E-state index in [-0.39, 0.29) is 5.56 Å². The van der Waals surface area contributed by atoms with Gasteiger partial charge in [0.2, 0.25) is 0 Å². The van der Waals surface area contributed by atoms with Crippen LogP contribution in [0.3, 0.4) is 0 Å². The summed E-state index contributed by atoms with van der Waals surface area (Å²) < 4.78 is 26.8. The number of aryl methyl sites for hydroxylation is 1. The van der Waals surface area contributed by atoms with Crippen LogP contribution in [-0.4, -0.2) is 0 Å². The third-order valence-electron chi connectivity index (χ3n) is 2.70. The zero-order valence-electron chi connectivity index (χ0n) is 10.3. The van der Waals surface area contributed by atoms with Gasteiger partial charge in [0.15, 0.2) is 0 Å². The number of benzene rings is 2. The number of hydrogen-bond donors (Lipinski definition) is 2. The van der Waals surface area contributed by atoms with Crippen molar-refractivity contribution in [3.05, 3.63) is 52.0 Å². The van der Waals surface area contributed by atoms with Gasteiger partial charge in [-0.05, 0) is 58.7 Å². The second-order valence-electron chi connectivity index (χ2n) is 4.26. The molecule has 0 aliphatic rings. The lowest BCUT2D eigenvalue weighted by Crippen LogP contribution is -1.99. The quantitative estimate of drug-likeness (QED) is 0.777. The molecule has 2 aromatic carbocycles. The highest BCUT2D eigenvalue weighted by Gasteiger charge is 2.14. The molecular formula is C14H13BrF2N2. The molecule has 0 radical (unpaired) electrons. The van der Waals surface area contributed by atoms with Gasteiger partial charge in [-0.25, -0.2) is 8.78 Å². The van der Waals surface area contributed by atoms with E-state index >= 15 is 0 Å². The van der Waals surface area contributed by atoms with Crippen LogP contribution in [-0.2, 0) is 0 Å². The fraction of sp³-hybridized carbons (Fsp3) is 0.143. The van der Waals surface area contributed by atoms with Crippen molar-refractivity contribution in [3.8, 4) is 0 Å². The van der Waals surface area contributed by atoms with Crippen molar-refractivity contribution in [1.82, 2.24) is 0 Å². The zero-order chi connectivity index (χ0) is 14.0. The molecule has 0 bridgehead atoms. The summed E-state index contributed by atoms with van der Waals surface area (Å²) in [6, 6.07) is 10.1. The van der Waals surface area contributed by atoms with E-state index in [9.17, 15) is 8.78 Å². The van der Waals surface area contributed by atoms with Gasteiger partial charge in [0.25, 0.3) is 6.43 Å². The van der Waals surface area contributed by atoms with Crippen LogP contribution in [0.1, 0.15) is 17.6 Å². The van der Waals surface area contributed by atoms with Gasteiger partial charge in [0, 0.05) is 21.4 Å². The van der Waals surface area contributed by atoms with Crippen LogP contribution >= 0.6 is 15.9 Å². The minimum Gasteiger partial charge on any atom is -0.399 e. The van der Waals surface area contributed by atoms with Gasteiger partial charge in [0.05, 0.1) is 5.69 Å². The Labute approximate surface area is 118 Å². The molecule has 0 aliphatic heterocycles. The molecule has 0 atom stereocenters. The Morgan fingerprint density at radius 1 is 1.11 bits per heavy atom. The standard InChI is InChI=1S/C14H13BrF2N2/c1-8-2-4-11(15)13(6-8)19-12-5-3-9(18)7-10(12)14(16)17/h2-7,14,19H,18H2,1H3. The Balaban J connectivity index is 2.40. The van der Waals surface area contributed by atoms with Gasteiger partial charge in [-0.3, -0.25) is 0 Å². The molecule has 2 aromatic rings. The third kappa shape index (κ3) is 3.23. The number of hydrogen-bond acceptors (Lipinski definition) is 2. The van der Waals surface area contributed by atoms with Crippen LogP contribution in [0.15, 0.2) is 40.9 Å². The van der Waals surface area contributed by atoms with E-state index in [2.05, 4.69) is 21.2 Å².